The Balaban J connectivity index is 2.22. The molecule has 2 aromatic heterocycles. The SMILES string of the molecule is OCCc1ccc(-n2cnnn2)nc1. The molecule has 72 valence electrons. The molecule has 0 aliphatic carbocycles. The van der Waals surface area contributed by atoms with Crippen molar-refractivity contribution in [2.45, 2.75) is 6.42 Å². The van der Waals surface area contributed by atoms with E-state index in [1.165, 1.54) is 11.0 Å². The number of aliphatic hydroxyl groups is 1. The molecular formula is C8H9N5O. The summed E-state index contributed by atoms with van der Waals surface area (Å²) >= 11 is 0. The smallest absolute Gasteiger partial charge is 0.156 e. The lowest BCUT2D eigenvalue weighted by Crippen LogP contribution is -1.99. The first kappa shape index (κ1) is 8.76. The second-order valence-electron chi connectivity index (χ2n) is 2.75. The normalized spacial score (nSPS) is 10.4. The molecule has 2 aromatic rings. The molecule has 0 spiro atoms. The molecule has 0 aromatic carbocycles. The third-order valence-electron chi connectivity index (χ3n) is 1.79. The van der Waals surface area contributed by atoms with Crippen LogP contribution in [0.1, 0.15) is 5.56 Å². The molecule has 0 aliphatic heterocycles. The first-order valence-corrected chi connectivity index (χ1v) is 4.19. The van der Waals surface area contributed by atoms with Gasteiger partial charge in [-0.05, 0) is 28.5 Å². The maximum Gasteiger partial charge on any atom is 0.156 e. The third kappa shape index (κ3) is 1.74. The summed E-state index contributed by atoms with van der Waals surface area (Å²) in [5.41, 5.74) is 0.990. The van der Waals surface area contributed by atoms with E-state index in [-0.39, 0.29) is 6.61 Å². The minimum absolute atomic E-state index is 0.131. The highest BCUT2D eigenvalue weighted by molar-refractivity contribution is 5.23. The minimum atomic E-state index is 0.131. The van der Waals surface area contributed by atoms with Gasteiger partial charge in [-0.3, -0.25) is 0 Å². The zero-order valence-corrected chi connectivity index (χ0v) is 7.41. The number of nitrogens with zero attached hydrogens (tertiary/aromatic N) is 5. The van der Waals surface area contributed by atoms with Crippen molar-refractivity contribution in [3.63, 3.8) is 0 Å². The predicted octanol–water partition coefficient (Wildman–Crippen LogP) is -0.408. The summed E-state index contributed by atoms with van der Waals surface area (Å²) in [6.45, 7) is 0.131. The van der Waals surface area contributed by atoms with Gasteiger partial charge in [0, 0.05) is 12.8 Å². The summed E-state index contributed by atoms with van der Waals surface area (Å²) in [4.78, 5) is 4.15. The Labute approximate surface area is 80.2 Å². The fraction of sp³-hybridized carbons (Fsp3) is 0.250. The highest BCUT2D eigenvalue weighted by atomic mass is 16.2. The molecule has 0 saturated heterocycles. The Kier molecular flexibility index (Phi) is 2.46. The van der Waals surface area contributed by atoms with Gasteiger partial charge in [0.2, 0.25) is 0 Å². The number of hydrogen-bond acceptors (Lipinski definition) is 5. The van der Waals surface area contributed by atoms with Gasteiger partial charge in [-0.2, -0.15) is 4.68 Å². The van der Waals surface area contributed by atoms with Gasteiger partial charge in [-0.15, -0.1) is 5.10 Å². The van der Waals surface area contributed by atoms with Crippen molar-refractivity contribution in [3.05, 3.63) is 30.2 Å². The van der Waals surface area contributed by atoms with E-state index in [1.807, 2.05) is 6.07 Å². The lowest BCUT2D eigenvalue weighted by Gasteiger charge is -1.99. The van der Waals surface area contributed by atoms with Crippen molar-refractivity contribution in [1.82, 2.24) is 25.2 Å². The van der Waals surface area contributed by atoms with Crippen molar-refractivity contribution < 1.29 is 5.11 Å². The largest absolute Gasteiger partial charge is 0.396 e. The van der Waals surface area contributed by atoms with Crippen LogP contribution in [0.4, 0.5) is 0 Å². The lowest BCUT2D eigenvalue weighted by atomic mass is 10.2. The van der Waals surface area contributed by atoms with Gasteiger partial charge in [0.05, 0.1) is 0 Å². The Hall–Kier alpha value is -1.82. The number of pyridine rings is 1. The maximum absolute atomic E-state index is 8.71. The highest BCUT2D eigenvalue weighted by Crippen LogP contribution is 2.03. The molecule has 0 unspecified atom stereocenters. The molecule has 1 N–H and O–H groups in total. The quantitative estimate of drug-likeness (QED) is 0.713. The van der Waals surface area contributed by atoms with Crippen LogP contribution in [0.2, 0.25) is 0 Å². The number of aliphatic hydroxyl groups excluding tert-OH is 1. The molecule has 0 aliphatic rings. The van der Waals surface area contributed by atoms with E-state index in [2.05, 4.69) is 20.5 Å². The van der Waals surface area contributed by atoms with Crippen LogP contribution in [0.3, 0.4) is 0 Å². The molecule has 0 radical (unpaired) electrons. The van der Waals surface area contributed by atoms with Gasteiger partial charge < -0.3 is 5.11 Å². The van der Waals surface area contributed by atoms with Crippen molar-refractivity contribution >= 4 is 0 Å². The van der Waals surface area contributed by atoms with Gasteiger partial charge in [0.25, 0.3) is 0 Å². The number of hydrogen-bond donors (Lipinski definition) is 1. The fourth-order valence-corrected chi connectivity index (χ4v) is 1.10. The number of aromatic nitrogens is 5. The second kappa shape index (κ2) is 3.93. The first-order valence-electron chi connectivity index (χ1n) is 4.19. The zero-order chi connectivity index (χ0) is 9.80. The minimum Gasteiger partial charge on any atom is -0.396 e. The van der Waals surface area contributed by atoms with E-state index in [0.29, 0.717) is 12.2 Å². The fourth-order valence-electron chi connectivity index (χ4n) is 1.10. The van der Waals surface area contributed by atoms with E-state index >= 15 is 0 Å². The van der Waals surface area contributed by atoms with Crippen LogP contribution in [0.25, 0.3) is 5.82 Å². The highest BCUT2D eigenvalue weighted by Gasteiger charge is 1.98. The third-order valence-corrected chi connectivity index (χ3v) is 1.79. The van der Waals surface area contributed by atoms with Crippen molar-refractivity contribution in [1.29, 1.82) is 0 Å². The van der Waals surface area contributed by atoms with Gasteiger partial charge in [-0.1, -0.05) is 6.07 Å². The summed E-state index contributed by atoms with van der Waals surface area (Å²) in [6, 6.07) is 3.70. The van der Waals surface area contributed by atoms with Gasteiger partial charge in [0.1, 0.15) is 6.33 Å². The van der Waals surface area contributed by atoms with Crippen molar-refractivity contribution in [3.8, 4) is 5.82 Å². The summed E-state index contributed by atoms with van der Waals surface area (Å²) in [5, 5.41) is 19.4. The van der Waals surface area contributed by atoms with Crippen molar-refractivity contribution in [2.75, 3.05) is 6.61 Å². The van der Waals surface area contributed by atoms with Gasteiger partial charge >= 0.3 is 0 Å². The molecule has 0 atom stereocenters. The number of rotatable bonds is 3. The van der Waals surface area contributed by atoms with Crippen LogP contribution in [-0.4, -0.2) is 36.9 Å². The summed E-state index contributed by atoms with van der Waals surface area (Å²) in [5.74, 6) is 0.664. The first-order chi connectivity index (χ1) is 6.90. The molecule has 0 bridgehead atoms. The van der Waals surface area contributed by atoms with E-state index in [4.69, 9.17) is 5.11 Å². The topological polar surface area (TPSA) is 76.7 Å². The average molecular weight is 191 g/mol. The van der Waals surface area contributed by atoms with E-state index < -0.39 is 0 Å². The van der Waals surface area contributed by atoms with Crippen LogP contribution < -0.4 is 0 Å². The molecule has 14 heavy (non-hydrogen) atoms. The molecule has 0 fully saturated rings. The molecule has 2 rings (SSSR count). The molecule has 6 nitrogen and oxygen atoms in total. The Morgan fingerprint density at radius 3 is 2.86 bits per heavy atom. The van der Waals surface area contributed by atoms with Crippen LogP contribution in [0, 0.1) is 0 Å². The summed E-state index contributed by atoms with van der Waals surface area (Å²) in [6.07, 6.45) is 3.80. The lowest BCUT2D eigenvalue weighted by molar-refractivity contribution is 0.299. The van der Waals surface area contributed by atoms with E-state index in [1.54, 1.807) is 12.3 Å². The van der Waals surface area contributed by atoms with Crippen LogP contribution >= 0.6 is 0 Å². The molecule has 6 heteroatoms. The predicted molar refractivity (Wildman–Crippen MR) is 47.7 cm³/mol. The summed E-state index contributed by atoms with van der Waals surface area (Å²) in [7, 11) is 0. The van der Waals surface area contributed by atoms with Crippen LogP contribution in [-0.2, 0) is 6.42 Å². The molecular weight excluding hydrogens is 182 g/mol. The van der Waals surface area contributed by atoms with E-state index in [9.17, 15) is 0 Å². The zero-order valence-electron chi connectivity index (χ0n) is 7.41. The Morgan fingerprint density at radius 2 is 2.29 bits per heavy atom. The monoisotopic (exact) mass is 191 g/mol. The molecule has 0 saturated carbocycles. The summed E-state index contributed by atoms with van der Waals surface area (Å²) < 4.78 is 1.47. The number of tetrazole rings is 1. The van der Waals surface area contributed by atoms with Crippen LogP contribution in [0.15, 0.2) is 24.7 Å². The average Bonchev–Trinajstić information content (AvgIpc) is 2.72. The Bertz CT molecular complexity index is 383. The second-order valence-corrected chi connectivity index (χ2v) is 2.75. The van der Waals surface area contributed by atoms with Crippen molar-refractivity contribution in [2.24, 2.45) is 0 Å². The standard InChI is InChI=1S/C8H9N5O/c14-4-3-7-1-2-8(9-5-7)13-6-10-11-12-13/h1-2,5-6,14H,3-4H2. The van der Waals surface area contributed by atoms with Gasteiger partial charge in [0.15, 0.2) is 5.82 Å². The van der Waals surface area contributed by atoms with E-state index in [0.717, 1.165) is 5.56 Å². The maximum atomic E-state index is 8.71. The van der Waals surface area contributed by atoms with Crippen LogP contribution in [0.5, 0.6) is 0 Å². The van der Waals surface area contributed by atoms with Gasteiger partial charge in [-0.25, -0.2) is 4.98 Å². The Morgan fingerprint density at radius 1 is 1.36 bits per heavy atom. The molecule has 2 heterocycles. The molecule has 0 amide bonds.